The lowest BCUT2D eigenvalue weighted by molar-refractivity contribution is -0.139. The Hall–Kier alpha value is -1.57. The van der Waals surface area contributed by atoms with Gasteiger partial charge in [0.2, 0.25) is 17.7 Å². The second-order valence-corrected chi connectivity index (χ2v) is 4.95. The third-order valence-electron chi connectivity index (χ3n) is 3.05. The van der Waals surface area contributed by atoms with E-state index in [4.69, 9.17) is 0 Å². The molecule has 112 valence electrons. The Bertz CT molecular complexity index is 402. The van der Waals surface area contributed by atoms with E-state index in [0.29, 0.717) is 19.3 Å². The van der Waals surface area contributed by atoms with Crippen molar-refractivity contribution in [2.45, 2.75) is 31.8 Å². The average Bonchev–Trinajstić information content (AvgIpc) is 2.91. The predicted molar refractivity (Wildman–Crippen MR) is 75.3 cm³/mol. The molecule has 1 unspecified atom stereocenters. The van der Waals surface area contributed by atoms with Crippen LogP contribution in [0.25, 0.3) is 0 Å². The second-order valence-electron chi connectivity index (χ2n) is 4.59. The molecule has 20 heavy (non-hydrogen) atoms. The Balaban J connectivity index is 2.59. The summed E-state index contributed by atoms with van der Waals surface area (Å²) >= 11 is 3.96. The van der Waals surface area contributed by atoms with Gasteiger partial charge in [-0.15, -0.1) is 0 Å². The molecule has 0 radical (unpaired) electrons. The Labute approximate surface area is 122 Å². The molecule has 8 heteroatoms. The molecule has 2 atom stereocenters. The van der Waals surface area contributed by atoms with Gasteiger partial charge in [0.15, 0.2) is 0 Å². The van der Waals surface area contributed by atoms with Crippen LogP contribution in [0.4, 0.5) is 0 Å². The smallest absolute Gasteiger partial charge is 0.243 e. The largest absolute Gasteiger partial charge is 0.347 e. The van der Waals surface area contributed by atoms with Crippen molar-refractivity contribution in [3.05, 3.63) is 0 Å². The highest BCUT2D eigenvalue weighted by Gasteiger charge is 2.34. The Morgan fingerprint density at radius 1 is 1.45 bits per heavy atom. The van der Waals surface area contributed by atoms with E-state index >= 15 is 0 Å². The van der Waals surface area contributed by atoms with Crippen LogP contribution in [0.2, 0.25) is 0 Å². The van der Waals surface area contributed by atoms with Crippen molar-refractivity contribution in [1.29, 1.82) is 0 Å². The summed E-state index contributed by atoms with van der Waals surface area (Å²) in [6.07, 6.45) is 1.88. The van der Waals surface area contributed by atoms with Gasteiger partial charge in [0.1, 0.15) is 12.3 Å². The third kappa shape index (κ3) is 4.52. The van der Waals surface area contributed by atoms with Crippen molar-refractivity contribution in [1.82, 2.24) is 15.5 Å². The van der Waals surface area contributed by atoms with Gasteiger partial charge in [0, 0.05) is 19.2 Å². The summed E-state index contributed by atoms with van der Waals surface area (Å²) < 4.78 is 0. The molecule has 0 bridgehead atoms. The molecule has 0 aromatic heterocycles. The summed E-state index contributed by atoms with van der Waals surface area (Å²) in [4.78, 5) is 46.9. The molecule has 1 saturated heterocycles. The van der Waals surface area contributed by atoms with E-state index in [1.165, 1.54) is 11.8 Å². The van der Waals surface area contributed by atoms with Crippen LogP contribution in [0, 0.1) is 0 Å². The fourth-order valence-electron chi connectivity index (χ4n) is 2.04. The number of carbonyl (C=O) groups is 4. The molecule has 1 aliphatic rings. The monoisotopic (exact) mass is 301 g/mol. The number of likely N-dealkylation sites (tertiary alicyclic amines) is 1. The number of carbonyl (C=O) groups excluding carboxylic acids is 4. The second kappa shape index (κ2) is 7.88. The minimum absolute atomic E-state index is 0.122. The van der Waals surface area contributed by atoms with Gasteiger partial charge in [-0.3, -0.25) is 14.4 Å². The van der Waals surface area contributed by atoms with Crippen LogP contribution in [-0.4, -0.2) is 59.8 Å². The van der Waals surface area contributed by atoms with E-state index in [-0.39, 0.29) is 30.0 Å². The van der Waals surface area contributed by atoms with Crippen molar-refractivity contribution in [2.75, 3.05) is 18.8 Å². The fourth-order valence-corrected chi connectivity index (χ4v) is 2.22. The van der Waals surface area contributed by atoms with Crippen molar-refractivity contribution in [3.63, 3.8) is 0 Å². The number of hydrogen-bond donors (Lipinski definition) is 3. The molecule has 2 N–H and O–H groups in total. The van der Waals surface area contributed by atoms with E-state index in [2.05, 4.69) is 23.3 Å². The van der Waals surface area contributed by atoms with Crippen LogP contribution in [0.3, 0.4) is 0 Å². The van der Waals surface area contributed by atoms with Crippen molar-refractivity contribution < 1.29 is 19.2 Å². The average molecular weight is 301 g/mol. The Morgan fingerprint density at radius 3 is 2.70 bits per heavy atom. The molecular formula is C12H19N3O4S. The summed E-state index contributed by atoms with van der Waals surface area (Å²) in [6, 6.07) is -1.24. The zero-order chi connectivity index (χ0) is 15.1. The molecule has 0 aromatic rings. The van der Waals surface area contributed by atoms with Crippen LogP contribution in [0.1, 0.15) is 19.8 Å². The zero-order valence-electron chi connectivity index (χ0n) is 11.3. The highest BCUT2D eigenvalue weighted by molar-refractivity contribution is 7.80. The highest BCUT2D eigenvalue weighted by atomic mass is 32.1. The minimum Gasteiger partial charge on any atom is -0.347 e. The van der Waals surface area contributed by atoms with Gasteiger partial charge in [0.25, 0.3) is 0 Å². The van der Waals surface area contributed by atoms with E-state index < -0.39 is 12.1 Å². The van der Waals surface area contributed by atoms with Gasteiger partial charge in [-0.05, 0) is 12.8 Å². The first kappa shape index (κ1) is 16.5. The summed E-state index contributed by atoms with van der Waals surface area (Å²) in [6.45, 7) is 1.68. The van der Waals surface area contributed by atoms with Crippen molar-refractivity contribution >= 4 is 36.6 Å². The number of thiol groups is 1. The van der Waals surface area contributed by atoms with E-state index in [1.54, 1.807) is 0 Å². The number of nitrogens with one attached hydrogen (secondary N) is 2. The summed E-state index contributed by atoms with van der Waals surface area (Å²) in [5, 5.41) is 4.96. The molecule has 7 nitrogen and oxygen atoms in total. The van der Waals surface area contributed by atoms with Crippen LogP contribution in [0.15, 0.2) is 0 Å². The van der Waals surface area contributed by atoms with E-state index in [1.807, 2.05) is 0 Å². The van der Waals surface area contributed by atoms with Gasteiger partial charge in [-0.1, -0.05) is 0 Å². The first-order valence-corrected chi connectivity index (χ1v) is 7.03. The normalized spacial score (nSPS) is 19.3. The summed E-state index contributed by atoms with van der Waals surface area (Å²) in [5.74, 6) is -0.743. The van der Waals surface area contributed by atoms with Crippen molar-refractivity contribution in [3.8, 4) is 0 Å². The fraction of sp³-hybridized carbons (Fsp3) is 0.667. The SMILES string of the molecule is CC(=O)NCC(=O)N1CCC[C@H]1C(=O)NC(C=O)CS. The van der Waals surface area contributed by atoms with Gasteiger partial charge in [-0.2, -0.15) is 12.6 Å². The first-order chi connectivity index (χ1) is 9.49. The number of amides is 3. The summed E-state index contributed by atoms with van der Waals surface area (Å²) in [5.41, 5.74) is 0. The van der Waals surface area contributed by atoms with Crippen LogP contribution >= 0.6 is 12.6 Å². The van der Waals surface area contributed by atoms with E-state index in [0.717, 1.165) is 6.42 Å². The maximum Gasteiger partial charge on any atom is 0.243 e. The Kier molecular flexibility index (Phi) is 6.50. The van der Waals surface area contributed by atoms with Gasteiger partial charge < -0.3 is 20.3 Å². The molecule has 0 saturated carbocycles. The Morgan fingerprint density at radius 2 is 2.15 bits per heavy atom. The lowest BCUT2D eigenvalue weighted by atomic mass is 10.2. The molecule has 3 amide bonds. The van der Waals surface area contributed by atoms with Crippen LogP contribution in [-0.2, 0) is 19.2 Å². The predicted octanol–water partition coefficient (Wildman–Crippen LogP) is -1.27. The highest BCUT2D eigenvalue weighted by Crippen LogP contribution is 2.17. The molecule has 1 rings (SSSR count). The van der Waals surface area contributed by atoms with Crippen molar-refractivity contribution in [2.24, 2.45) is 0 Å². The maximum absolute atomic E-state index is 12.0. The van der Waals surface area contributed by atoms with Crippen LogP contribution in [0.5, 0.6) is 0 Å². The quantitative estimate of drug-likeness (QED) is 0.421. The molecule has 0 spiro atoms. The van der Waals surface area contributed by atoms with E-state index in [9.17, 15) is 19.2 Å². The third-order valence-corrected chi connectivity index (χ3v) is 3.45. The van der Waals surface area contributed by atoms with Gasteiger partial charge in [-0.25, -0.2) is 0 Å². The molecule has 0 aliphatic carbocycles. The molecule has 1 fully saturated rings. The lowest BCUT2D eigenvalue weighted by Crippen LogP contribution is -2.51. The topological polar surface area (TPSA) is 95.6 Å². The minimum atomic E-state index is -0.654. The number of aldehydes is 1. The lowest BCUT2D eigenvalue weighted by Gasteiger charge is -2.25. The zero-order valence-corrected chi connectivity index (χ0v) is 12.2. The number of hydrogen-bond acceptors (Lipinski definition) is 5. The summed E-state index contributed by atoms with van der Waals surface area (Å²) in [7, 11) is 0. The standard InChI is InChI=1S/C12H19N3O4S/c1-8(17)13-5-11(18)15-4-2-3-10(15)12(19)14-9(6-16)7-20/h6,9-10,20H,2-5,7H2,1H3,(H,13,17)(H,14,19)/t9?,10-/m0/s1. The number of nitrogens with zero attached hydrogens (tertiary/aromatic N) is 1. The molecule has 0 aromatic carbocycles. The molecular weight excluding hydrogens is 282 g/mol. The first-order valence-electron chi connectivity index (χ1n) is 6.40. The molecule has 1 aliphatic heterocycles. The van der Waals surface area contributed by atoms with Gasteiger partial charge in [0.05, 0.1) is 12.6 Å². The van der Waals surface area contributed by atoms with Gasteiger partial charge >= 0.3 is 0 Å². The van der Waals surface area contributed by atoms with Crippen LogP contribution < -0.4 is 10.6 Å². The number of rotatable bonds is 6. The maximum atomic E-state index is 12.0. The molecule has 1 heterocycles.